The summed E-state index contributed by atoms with van der Waals surface area (Å²) in [5, 5.41) is 2.86. The van der Waals surface area contributed by atoms with Crippen LogP contribution in [0.3, 0.4) is 0 Å². The number of para-hydroxylation sites is 2. The number of ether oxygens (including phenoxy) is 1. The number of sulfonamides is 1. The molecule has 0 radical (unpaired) electrons. The molecule has 0 aliphatic heterocycles. The Morgan fingerprint density at radius 1 is 1.00 bits per heavy atom. The molecule has 0 aliphatic rings. The van der Waals surface area contributed by atoms with Gasteiger partial charge >= 0.3 is 0 Å². The van der Waals surface area contributed by atoms with E-state index in [2.05, 4.69) is 10.0 Å². The second kappa shape index (κ2) is 9.66. The molecule has 0 heterocycles. The third-order valence-corrected chi connectivity index (χ3v) is 6.53. The maximum atomic E-state index is 13.1. The fraction of sp³-hybridized carbons (Fsp3) is 0.208. The van der Waals surface area contributed by atoms with Gasteiger partial charge in [-0.05, 0) is 48.7 Å². The summed E-state index contributed by atoms with van der Waals surface area (Å²) in [5.41, 5.74) is 2.25. The van der Waals surface area contributed by atoms with Gasteiger partial charge in [-0.1, -0.05) is 55.5 Å². The molecule has 3 aromatic rings. The average molecular weight is 439 g/mol. The summed E-state index contributed by atoms with van der Waals surface area (Å²) < 4.78 is 33.9. The van der Waals surface area contributed by atoms with Crippen LogP contribution in [0.2, 0.25) is 0 Å². The molecule has 0 aromatic heterocycles. The SMILES string of the molecule is CC[C@H](C(=O)Nc1ccc(C)c(S(=O)(=O)Nc2ccccc2OC)c1)c1ccccc1. The molecule has 3 aromatic carbocycles. The normalized spacial score (nSPS) is 12.1. The molecule has 7 heteroatoms. The van der Waals surface area contributed by atoms with Crippen molar-refractivity contribution in [1.29, 1.82) is 0 Å². The quantitative estimate of drug-likeness (QED) is 0.522. The van der Waals surface area contributed by atoms with Crippen LogP contribution in [0.5, 0.6) is 5.75 Å². The molecular weight excluding hydrogens is 412 g/mol. The molecule has 0 saturated heterocycles. The van der Waals surface area contributed by atoms with Crippen molar-refractivity contribution in [2.24, 2.45) is 0 Å². The number of hydrogen-bond donors (Lipinski definition) is 2. The third-order valence-electron chi connectivity index (χ3n) is 5.02. The molecule has 0 saturated carbocycles. The first-order valence-electron chi connectivity index (χ1n) is 9.98. The van der Waals surface area contributed by atoms with Crippen LogP contribution in [0, 0.1) is 6.92 Å². The number of aryl methyl sites for hydroxylation is 1. The Bertz CT molecular complexity index is 1160. The molecule has 1 atom stereocenters. The Labute approximate surface area is 183 Å². The summed E-state index contributed by atoms with van der Waals surface area (Å²) in [6, 6.07) is 21.2. The first-order valence-corrected chi connectivity index (χ1v) is 11.5. The highest BCUT2D eigenvalue weighted by molar-refractivity contribution is 7.92. The van der Waals surface area contributed by atoms with Gasteiger partial charge in [-0.3, -0.25) is 9.52 Å². The van der Waals surface area contributed by atoms with Gasteiger partial charge in [-0.2, -0.15) is 0 Å². The average Bonchev–Trinajstić information content (AvgIpc) is 2.76. The van der Waals surface area contributed by atoms with Gasteiger partial charge in [0.2, 0.25) is 5.91 Å². The number of methoxy groups -OCH3 is 1. The molecule has 6 nitrogen and oxygen atoms in total. The van der Waals surface area contributed by atoms with Gasteiger partial charge in [0.15, 0.2) is 0 Å². The van der Waals surface area contributed by atoms with Crippen LogP contribution in [0.1, 0.15) is 30.4 Å². The van der Waals surface area contributed by atoms with Gasteiger partial charge in [0.1, 0.15) is 5.75 Å². The molecular formula is C24H26N2O4S. The lowest BCUT2D eigenvalue weighted by Crippen LogP contribution is -2.21. The first-order chi connectivity index (χ1) is 14.9. The zero-order valence-corrected chi connectivity index (χ0v) is 18.6. The lowest BCUT2D eigenvalue weighted by molar-refractivity contribution is -0.117. The summed E-state index contributed by atoms with van der Waals surface area (Å²) in [5.74, 6) is -0.0883. The lowest BCUT2D eigenvalue weighted by atomic mass is 9.95. The standard InChI is InChI=1S/C24H26N2O4S/c1-4-20(18-10-6-5-7-11-18)24(27)25-19-15-14-17(2)23(16-19)31(28,29)26-21-12-8-9-13-22(21)30-3/h5-16,20,26H,4H2,1-3H3,(H,25,27)/t20-/m0/s1. The zero-order valence-electron chi connectivity index (χ0n) is 17.8. The maximum Gasteiger partial charge on any atom is 0.262 e. The second-order valence-corrected chi connectivity index (χ2v) is 8.80. The predicted molar refractivity (Wildman–Crippen MR) is 123 cm³/mol. The van der Waals surface area contributed by atoms with E-state index in [1.54, 1.807) is 43.3 Å². The van der Waals surface area contributed by atoms with Crippen LogP contribution < -0.4 is 14.8 Å². The highest BCUT2D eigenvalue weighted by Crippen LogP contribution is 2.29. The third kappa shape index (κ3) is 5.24. The Morgan fingerprint density at radius 2 is 1.68 bits per heavy atom. The van der Waals surface area contributed by atoms with E-state index in [9.17, 15) is 13.2 Å². The predicted octanol–water partition coefficient (Wildman–Crippen LogP) is 4.94. The fourth-order valence-corrected chi connectivity index (χ4v) is 4.73. The van der Waals surface area contributed by atoms with Crippen molar-refractivity contribution in [2.75, 3.05) is 17.1 Å². The fourth-order valence-electron chi connectivity index (χ4n) is 3.38. The van der Waals surface area contributed by atoms with E-state index in [0.717, 1.165) is 5.56 Å². The number of hydrogen-bond acceptors (Lipinski definition) is 4. The van der Waals surface area contributed by atoms with Gasteiger partial charge in [0.25, 0.3) is 10.0 Å². The van der Waals surface area contributed by atoms with E-state index in [1.807, 2.05) is 37.3 Å². The minimum absolute atomic E-state index is 0.0870. The van der Waals surface area contributed by atoms with Gasteiger partial charge in [0, 0.05) is 5.69 Å². The number of anilines is 2. The van der Waals surface area contributed by atoms with Crippen LogP contribution >= 0.6 is 0 Å². The monoisotopic (exact) mass is 438 g/mol. The summed E-state index contributed by atoms with van der Waals surface area (Å²) in [7, 11) is -2.42. The maximum absolute atomic E-state index is 13.1. The summed E-state index contributed by atoms with van der Waals surface area (Å²) in [4.78, 5) is 13.0. The Balaban J connectivity index is 1.86. The first kappa shape index (κ1) is 22.4. The van der Waals surface area contributed by atoms with Crippen LogP contribution in [0.4, 0.5) is 11.4 Å². The summed E-state index contributed by atoms with van der Waals surface area (Å²) in [6.45, 7) is 3.65. The number of rotatable bonds is 8. The number of nitrogens with one attached hydrogen (secondary N) is 2. The number of amides is 1. The van der Waals surface area contributed by atoms with E-state index in [1.165, 1.54) is 13.2 Å². The smallest absolute Gasteiger partial charge is 0.262 e. The molecule has 162 valence electrons. The van der Waals surface area contributed by atoms with Crippen molar-refractivity contribution in [1.82, 2.24) is 0 Å². The van der Waals surface area contributed by atoms with E-state index in [0.29, 0.717) is 29.1 Å². The van der Waals surface area contributed by atoms with Crippen LogP contribution in [0.15, 0.2) is 77.7 Å². The lowest BCUT2D eigenvalue weighted by Gasteiger charge is -2.17. The molecule has 1 amide bonds. The van der Waals surface area contributed by atoms with Crippen LogP contribution in [0.25, 0.3) is 0 Å². The Kier molecular flexibility index (Phi) is 6.97. The molecule has 31 heavy (non-hydrogen) atoms. The zero-order chi connectivity index (χ0) is 22.4. The van der Waals surface area contributed by atoms with Crippen molar-refractivity contribution in [3.05, 3.63) is 83.9 Å². The molecule has 2 N–H and O–H groups in total. The number of carbonyl (C=O) groups is 1. The Hall–Kier alpha value is -3.32. The molecule has 0 aliphatic carbocycles. The Morgan fingerprint density at radius 3 is 2.35 bits per heavy atom. The summed E-state index contributed by atoms with van der Waals surface area (Å²) >= 11 is 0. The van der Waals surface area contributed by atoms with Gasteiger partial charge < -0.3 is 10.1 Å². The topological polar surface area (TPSA) is 84.5 Å². The van der Waals surface area contributed by atoms with Crippen LogP contribution in [-0.4, -0.2) is 21.4 Å². The van der Waals surface area contributed by atoms with Gasteiger partial charge in [-0.15, -0.1) is 0 Å². The summed E-state index contributed by atoms with van der Waals surface area (Å²) in [6.07, 6.45) is 0.627. The van der Waals surface area contributed by atoms with Crippen LogP contribution in [-0.2, 0) is 14.8 Å². The van der Waals surface area contributed by atoms with Crippen molar-refractivity contribution < 1.29 is 17.9 Å². The van der Waals surface area contributed by atoms with Crippen molar-refractivity contribution in [2.45, 2.75) is 31.1 Å². The van der Waals surface area contributed by atoms with Crippen molar-refractivity contribution >= 4 is 27.3 Å². The number of benzene rings is 3. The number of carbonyl (C=O) groups excluding carboxylic acids is 1. The van der Waals surface area contributed by atoms with Gasteiger partial charge in [-0.25, -0.2) is 8.42 Å². The van der Waals surface area contributed by atoms with E-state index in [4.69, 9.17) is 4.74 Å². The highest BCUT2D eigenvalue weighted by Gasteiger charge is 2.22. The van der Waals surface area contributed by atoms with E-state index < -0.39 is 10.0 Å². The molecule has 3 rings (SSSR count). The molecule has 0 spiro atoms. The van der Waals surface area contributed by atoms with Gasteiger partial charge in [0.05, 0.1) is 23.6 Å². The largest absolute Gasteiger partial charge is 0.495 e. The van der Waals surface area contributed by atoms with Crippen molar-refractivity contribution in [3.63, 3.8) is 0 Å². The minimum Gasteiger partial charge on any atom is -0.495 e. The highest BCUT2D eigenvalue weighted by atomic mass is 32.2. The molecule has 0 unspecified atom stereocenters. The molecule has 0 bridgehead atoms. The molecule has 0 fully saturated rings. The van der Waals surface area contributed by atoms with Crippen molar-refractivity contribution in [3.8, 4) is 5.75 Å². The van der Waals surface area contributed by atoms with E-state index >= 15 is 0 Å². The second-order valence-electron chi connectivity index (χ2n) is 7.15. The van der Waals surface area contributed by atoms with E-state index in [-0.39, 0.29) is 16.7 Å². The minimum atomic E-state index is -3.89.